The van der Waals surface area contributed by atoms with Crippen molar-refractivity contribution in [3.8, 4) is 0 Å². The van der Waals surface area contributed by atoms with Crippen LogP contribution in [0.25, 0.3) is 0 Å². The molecular weight excluding hydrogens is 242 g/mol. The van der Waals surface area contributed by atoms with Gasteiger partial charge in [-0.05, 0) is 19.4 Å². The maximum absolute atomic E-state index is 5.08. The molecule has 0 aliphatic heterocycles. The number of hydrogen-bond donors (Lipinski definition) is 1. The van der Waals surface area contributed by atoms with E-state index in [0.29, 0.717) is 0 Å². The van der Waals surface area contributed by atoms with Crippen LogP contribution >= 0.6 is 0 Å². The second-order valence-corrected chi connectivity index (χ2v) is 4.55. The smallest absolute Gasteiger partial charge is 0.203 e. The van der Waals surface area contributed by atoms with Gasteiger partial charge in [0.1, 0.15) is 0 Å². The van der Waals surface area contributed by atoms with Crippen molar-refractivity contribution >= 4 is 5.95 Å². The zero-order chi connectivity index (χ0) is 13.7. The van der Waals surface area contributed by atoms with Gasteiger partial charge in [-0.1, -0.05) is 0 Å². The summed E-state index contributed by atoms with van der Waals surface area (Å²) in [6, 6.07) is 2.00. The van der Waals surface area contributed by atoms with Crippen molar-refractivity contribution in [1.82, 2.24) is 19.3 Å². The first-order valence-electron chi connectivity index (χ1n) is 6.44. The Morgan fingerprint density at radius 2 is 2.26 bits per heavy atom. The molecule has 6 heteroatoms. The van der Waals surface area contributed by atoms with Gasteiger partial charge in [0.2, 0.25) is 5.95 Å². The van der Waals surface area contributed by atoms with Crippen LogP contribution in [0.2, 0.25) is 0 Å². The Morgan fingerprint density at radius 3 is 2.95 bits per heavy atom. The lowest BCUT2D eigenvalue weighted by Crippen LogP contribution is -2.10. The number of ether oxygens (including phenoxy) is 1. The molecule has 0 aromatic carbocycles. The number of aromatic nitrogens is 4. The Morgan fingerprint density at radius 1 is 1.42 bits per heavy atom. The molecule has 0 saturated carbocycles. The number of nitrogens with zero attached hydrogens (tertiary/aromatic N) is 4. The van der Waals surface area contributed by atoms with E-state index in [-0.39, 0.29) is 0 Å². The maximum Gasteiger partial charge on any atom is 0.203 e. The molecule has 19 heavy (non-hydrogen) atoms. The van der Waals surface area contributed by atoms with Crippen molar-refractivity contribution in [2.24, 2.45) is 7.05 Å². The molecule has 104 valence electrons. The fraction of sp³-hybridized carbons (Fsp3) is 0.538. The van der Waals surface area contributed by atoms with Crippen LogP contribution in [0.1, 0.15) is 17.8 Å². The molecule has 0 fully saturated rings. The first kappa shape index (κ1) is 13.6. The molecule has 2 rings (SSSR count). The van der Waals surface area contributed by atoms with Crippen LogP contribution in [0.4, 0.5) is 5.95 Å². The SMILES string of the molecule is COCCCn1cc(C)nc1NCc1ccnn1C. The number of anilines is 1. The van der Waals surface area contributed by atoms with Gasteiger partial charge in [-0.15, -0.1) is 0 Å². The molecule has 2 aromatic heterocycles. The molecule has 0 aliphatic carbocycles. The molecule has 2 aromatic rings. The monoisotopic (exact) mass is 263 g/mol. The third kappa shape index (κ3) is 3.57. The Kier molecular flexibility index (Phi) is 4.57. The summed E-state index contributed by atoms with van der Waals surface area (Å²) < 4.78 is 9.07. The average molecular weight is 263 g/mol. The van der Waals surface area contributed by atoms with Crippen LogP contribution in [0, 0.1) is 6.92 Å². The van der Waals surface area contributed by atoms with Crippen LogP contribution in [-0.2, 0) is 24.9 Å². The predicted octanol–water partition coefficient (Wildman–Crippen LogP) is 1.57. The summed E-state index contributed by atoms with van der Waals surface area (Å²) in [5, 5.41) is 7.50. The lowest BCUT2D eigenvalue weighted by atomic mass is 10.4. The van der Waals surface area contributed by atoms with Gasteiger partial charge in [0.25, 0.3) is 0 Å². The molecule has 0 spiro atoms. The highest BCUT2D eigenvalue weighted by molar-refractivity contribution is 5.29. The van der Waals surface area contributed by atoms with E-state index in [1.807, 2.05) is 24.7 Å². The molecule has 0 atom stereocenters. The second-order valence-electron chi connectivity index (χ2n) is 4.55. The second kappa shape index (κ2) is 6.38. The summed E-state index contributed by atoms with van der Waals surface area (Å²) in [7, 11) is 3.66. The van der Waals surface area contributed by atoms with Crippen molar-refractivity contribution < 1.29 is 4.74 Å². The van der Waals surface area contributed by atoms with Gasteiger partial charge in [0, 0.05) is 39.7 Å². The standard InChI is InChI=1S/C13H21N5O/c1-11-10-18(7-4-8-19-3)13(16-11)14-9-12-5-6-15-17(12)2/h5-6,10H,4,7-9H2,1-3H3,(H,14,16). The Hall–Kier alpha value is -1.82. The maximum atomic E-state index is 5.08. The molecule has 0 radical (unpaired) electrons. The van der Waals surface area contributed by atoms with Gasteiger partial charge >= 0.3 is 0 Å². The van der Waals surface area contributed by atoms with Gasteiger partial charge in [-0.3, -0.25) is 4.68 Å². The van der Waals surface area contributed by atoms with Crippen molar-refractivity contribution in [3.63, 3.8) is 0 Å². The van der Waals surface area contributed by atoms with Gasteiger partial charge < -0.3 is 14.6 Å². The number of hydrogen-bond acceptors (Lipinski definition) is 4. The first-order valence-corrected chi connectivity index (χ1v) is 6.44. The highest BCUT2D eigenvalue weighted by Gasteiger charge is 2.06. The molecule has 0 unspecified atom stereocenters. The Bertz CT molecular complexity index is 517. The molecule has 1 N–H and O–H groups in total. The third-order valence-electron chi connectivity index (χ3n) is 2.99. The fourth-order valence-electron chi connectivity index (χ4n) is 1.98. The summed E-state index contributed by atoms with van der Waals surface area (Å²) in [4.78, 5) is 4.50. The minimum absolute atomic E-state index is 0.719. The van der Waals surface area contributed by atoms with Gasteiger partial charge in [-0.2, -0.15) is 5.10 Å². The quantitative estimate of drug-likeness (QED) is 0.770. The van der Waals surface area contributed by atoms with E-state index in [2.05, 4.69) is 26.2 Å². The van der Waals surface area contributed by atoms with Crippen LogP contribution in [0.3, 0.4) is 0 Å². The highest BCUT2D eigenvalue weighted by Crippen LogP contribution is 2.11. The van der Waals surface area contributed by atoms with E-state index < -0.39 is 0 Å². The van der Waals surface area contributed by atoms with Crippen molar-refractivity contribution in [1.29, 1.82) is 0 Å². The van der Waals surface area contributed by atoms with E-state index in [9.17, 15) is 0 Å². The number of methoxy groups -OCH3 is 1. The lowest BCUT2D eigenvalue weighted by molar-refractivity contribution is 0.190. The van der Waals surface area contributed by atoms with Crippen molar-refractivity contribution in [2.75, 3.05) is 19.0 Å². The summed E-state index contributed by atoms with van der Waals surface area (Å²) in [6.07, 6.45) is 4.83. The highest BCUT2D eigenvalue weighted by atomic mass is 16.5. The van der Waals surface area contributed by atoms with E-state index in [1.54, 1.807) is 13.3 Å². The lowest BCUT2D eigenvalue weighted by Gasteiger charge is -2.09. The van der Waals surface area contributed by atoms with Gasteiger partial charge in [0.05, 0.1) is 17.9 Å². The summed E-state index contributed by atoms with van der Waals surface area (Å²) in [6.45, 7) is 4.39. The van der Waals surface area contributed by atoms with E-state index >= 15 is 0 Å². The van der Waals surface area contributed by atoms with Gasteiger partial charge in [0.15, 0.2) is 0 Å². The van der Waals surface area contributed by atoms with E-state index in [1.165, 1.54) is 0 Å². The number of imidazole rings is 1. The van der Waals surface area contributed by atoms with Crippen LogP contribution in [0.15, 0.2) is 18.5 Å². The molecule has 0 aliphatic rings. The number of rotatable bonds is 7. The van der Waals surface area contributed by atoms with E-state index in [4.69, 9.17) is 4.74 Å². The third-order valence-corrected chi connectivity index (χ3v) is 2.99. The largest absolute Gasteiger partial charge is 0.385 e. The number of aryl methyl sites for hydroxylation is 3. The molecule has 0 bridgehead atoms. The minimum Gasteiger partial charge on any atom is -0.385 e. The summed E-state index contributed by atoms with van der Waals surface area (Å²) in [5.74, 6) is 0.898. The van der Waals surface area contributed by atoms with Crippen LogP contribution in [0.5, 0.6) is 0 Å². The average Bonchev–Trinajstić information content (AvgIpc) is 2.94. The molecule has 2 heterocycles. The number of nitrogens with one attached hydrogen (secondary N) is 1. The van der Waals surface area contributed by atoms with Gasteiger partial charge in [-0.25, -0.2) is 4.98 Å². The molecule has 0 saturated heterocycles. The molecule has 0 amide bonds. The zero-order valence-electron chi connectivity index (χ0n) is 11.8. The Labute approximate surface area is 113 Å². The zero-order valence-corrected chi connectivity index (χ0v) is 11.8. The summed E-state index contributed by atoms with van der Waals surface area (Å²) in [5.41, 5.74) is 2.15. The molecule has 6 nitrogen and oxygen atoms in total. The Balaban J connectivity index is 1.97. The normalized spacial score (nSPS) is 10.9. The fourth-order valence-corrected chi connectivity index (χ4v) is 1.98. The van der Waals surface area contributed by atoms with E-state index in [0.717, 1.165) is 43.5 Å². The summed E-state index contributed by atoms with van der Waals surface area (Å²) >= 11 is 0. The van der Waals surface area contributed by atoms with Crippen molar-refractivity contribution in [2.45, 2.75) is 26.4 Å². The van der Waals surface area contributed by atoms with Crippen LogP contribution in [-0.4, -0.2) is 33.0 Å². The topological polar surface area (TPSA) is 56.9 Å². The molecular formula is C13H21N5O. The van der Waals surface area contributed by atoms with Crippen LogP contribution < -0.4 is 5.32 Å². The minimum atomic E-state index is 0.719. The predicted molar refractivity (Wildman–Crippen MR) is 74.0 cm³/mol. The first-order chi connectivity index (χ1) is 9.20. The van der Waals surface area contributed by atoms with Crippen molar-refractivity contribution in [3.05, 3.63) is 29.8 Å².